The van der Waals surface area contributed by atoms with E-state index in [-0.39, 0.29) is 0 Å². The van der Waals surface area contributed by atoms with E-state index in [4.69, 9.17) is 0 Å². The number of hydrogen-bond donors (Lipinski definition) is 0. The van der Waals surface area contributed by atoms with E-state index in [0.717, 1.165) is 0 Å². The normalized spacial score (nSPS) is 17.8. The maximum Gasteiger partial charge on any atom is 0.0137 e. The Kier molecular flexibility index (Phi) is 4.16. The zero-order chi connectivity index (χ0) is 14.3. The Bertz CT molecular complexity index is 397. The van der Waals surface area contributed by atoms with Gasteiger partial charge in [0.25, 0.3) is 0 Å². The van der Waals surface area contributed by atoms with Crippen molar-refractivity contribution >= 4 is 11.3 Å². The molecule has 0 unspecified atom stereocenters. The summed E-state index contributed by atoms with van der Waals surface area (Å²) in [6.45, 7) is 14.3. The van der Waals surface area contributed by atoms with E-state index in [1.807, 2.05) is 0 Å². The maximum atomic E-state index is 2.38. The Morgan fingerprint density at radius 2 is 1.00 bits per heavy atom. The summed E-state index contributed by atoms with van der Waals surface area (Å²) in [5.74, 6) is 0. The van der Waals surface area contributed by atoms with Crippen molar-refractivity contribution in [3.05, 3.63) is 20.9 Å². The van der Waals surface area contributed by atoms with Crippen molar-refractivity contribution in [3.8, 4) is 0 Å². The molecule has 0 aromatic carbocycles. The summed E-state index contributed by atoms with van der Waals surface area (Å²) in [5.41, 5.74) is 4.05. The molecule has 1 aromatic rings. The zero-order valence-corrected chi connectivity index (χ0v) is 14.5. The third-order valence-electron chi connectivity index (χ3n) is 4.08. The first kappa shape index (κ1) is 15.1. The van der Waals surface area contributed by atoms with Crippen LogP contribution in [-0.4, -0.2) is 0 Å². The van der Waals surface area contributed by atoms with Gasteiger partial charge in [0.1, 0.15) is 0 Å². The van der Waals surface area contributed by atoms with Gasteiger partial charge in [-0.15, -0.1) is 11.3 Å². The van der Waals surface area contributed by atoms with E-state index in [1.54, 1.807) is 20.9 Å². The highest BCUT2D eigenvalue weighted by atomic mass is 32.1. The molecule has 2 rings (SSSR count). The highest BCUT2D eigenvalue weighted by molar-refractivity contribution is 7.12. The fourth-order valence-corrected chi connectivity index (χ4v) is 4.71. The van der Waals surface area contributed by atoms with Crippen LogP contribution in [0.4, 0.5) is 0 Å². The van der Waals surface area contributed by atoms with E-state index < -0.39 is 0 Å². The van der Waals surface area contributed by atoms with Crippen LogP contribution in [0.25, 0.3) is 0 Å². The van der Waals surface area contributed by atoms with Gasteiger partial charge in [0, 0.05) is 9.75 Å². The minimum atomic E-state index is 0.303. The van der Waals surface area contributed by atoms with Gasteiger partial charge >= 0.3 is 0 Å². The standard InChI is InChI=1S/C18H30S/c1-17(2,3)15-13-11-9-7-8-10-12-14(13)16(19-15)18(4,5)6/h7-12H2,1-6H3. The molecule has 0 radical (unpaired) electrons. The van der Waals surface area contributed by atoms with Gasteiger partial charge in [0.05, 0.1) is 0 Å². The predicted octanol–water partition coefficient (Wildman–Crippen LogP) is 6.00. The summed E-state index contributed by atoms with van der Waals surface area (Å²) >= 11 is 2.11. The van der Waals surface area contributed by atoms with Crippen molar-refractivity contribution in [2.45, 2.75) is 90.9 Å². The Labute approximate surface area is 123 Å². The number of rotatable bonds is 0. The fourth-order valence-electron chi connectivity index (χ4n) is 3.20. The molecule has 108 valence electrons. The van der Waals surface area contributed by atoms with Crippen LogP contribution < -0.4 is 0 Å². The largest absolute Gasteiger partial charge is 0.144 e. The lowest BCUT2D eigenvalue weighted by atomic mass is 9.82. The first-order valence-corrected chi connectivity index (χ1v) is 8.68. The lowest BCUT2D eigenvalue weighted by molar-refractivity contribution is 0.565. The van der Waals surface area contributed by atoms with Gasteiger partial charge in [-0.3, -0.25) is 0 Å². The van der Waals surface area contributed by atoms with Crippen LogP contribution in [0.5, 0.6) is 0 Å². The SMILES string of the molecule is CC(C)(C)c1sc(C(C)(C)C)c2c1CCCCCC2. The van der Waals surface area contributed by atoms with Crippen LogP contribution in [-0.2, 0) is 23.7 Å². The lowest BCUT2D eigenvalue weighted by Gasteiger charge is -2.21. The molecule has 19 heavy (non-hydrogen) atoms. The summed E-state index contributed by atoms with van der Waals surface area (Å²) in [7, 11) is 0. The van der Waals surface area contributed by atoms with Crippen molar-refractivity contribution < 1.29 is 0 Å². The van der Waals surface area contributed by atoms with Crippen molar-refractivity contribution in [3.63, 3.8) is 0 Å². The Morgan fingerprint density at radius 3 is 1.32 bits per heavy atom. The first-order valence-electron chi connectivity index (χ1n) is 7.87. The lowest BCUT2D eigenvalue weighted by Crippen LogP contribution is -2.13. The van der Waals surface area contributed by atoms with Gasteiger partial charge in [0.15, 0.2) is 0 Å². The average molecular weight is 279 g/mol. The van der Waals surface area contributed by atoms with Gasteiger partial charge in [-0.2, -0.15) is 0 Å². The minimum Gasteiger partial charge on any atom is -0.144 e. The van der Waals surface area contributed by atoms with Gasteiger partial charge < -0.3 is 0 Å². The van der Waals surface area contributed by atoms with Crippen LogP contribution in [0.2, 0.25) is 0 Å². The molecule has 0 nitrogen and oxygen atoms in total. The summed E-state index contributed by atoms with van der Waals surface area (Å²) in [5, 5.41) is 0. The van der Waals surface area contributed by atoms with Gasteiger partial charge in [-0.05, 0) is 47.6 Å². The zero-order valence-electron chi connectivity index (χ0n) is 13.7. The summed E-state index contributed by atoms with van der Waals surface area (Å²) in [6.07, 6.45) is 8.24. The van der Waals surface area contributed by atoms with Crippen LogP contribution in [0.15, 0.2) is 0 Å². The molecule has 0 bridgehead atoms. The molecule has 0 atom stereocenters. The molecule has 1 heterocycles. The topological polar surface area (TPSA) is 0 Å². The molecular weight excluding hydrogens is 248 g/mol. The van der Waals surface area contributed by atoms with Crippen molar-refractivity contribution in [1.82, 2.24) is 0 Å². The highest BCUT2D eigenvalue weighted by Crippen LogP contribution is 2.44. The summed E-state index contributed by atoms with van der Waals surface area (Å²) < 4.78 is 0. The van der Waals surface area contributed by atoms with Crippen molar-refractivity contribution in [1.29, 1.82) is 0 Å². The van der Waals surface area contributed by atoms with Gasteiger partial charge in [0.2, 0.25) is 0 Å². The van der Waals surface area contributed by atoms with Crippen LogP contribution in [0.3, 0.4) is 0 Å². The van der Waals surface area contributed by atoms with Crippen molar-refractivity contribution in [2.75, 3.05) is 0 Å². The number of fused-ring (bicyclic) bond motifs is 1. The molecule has 0 aliphatic heterocycles. The molecule has 0 amide bonds. The quantitative estimate of drug-likeness (QED) is 0.546. The summed E-state index contributed by atoms with van der Waals surface area (Å²) in [6, 6.07) is 0. The first-order chi connectivity index (χ1) is 8.71. The van der Waals surface area contributed by atoms with E-state index >= 15 is 0 Å². The molecule has 0 fully saturated rings. The third-order valence-corrected chi connectivity index (χ3v) is 6.21. The highest BCUT2D eigenvalue weighted by Gasteiger charge is 2.30. The van der Waals surface area contributed by atoms with E-state index in [0.29, 0.717) is 10.8 Å². The molecule has 0 N–H and O–H groups in total. The Morgan fingerprint density at radius 1 is 0.632 bits per heavy atom. The summed E-state index contributed by atoms with van der Waals surface area (Å²) in [4.78, 5) is 3.32. The Hall–Kier alpha value is -0.300. The van der Waals surface area contributed by atoms with Gasteiger partial charge in [-0.1, -0.05) is 54.4 Å². The van der Waals surface area contributed by atoms with Crippen LogP contribution in [0, 0.1) is 0 Å². The number of hydrogen-bond acceptors (Lipinski definition) is 1. The Balaban J connectivity index is 2.58. The second-order valence-electron chi connectivity index (χ2n) is 8.13. The second-order valence-corrected chi connectivity index (χ2v) is 9.15. The van der Waals surface area contributed by atoms with E-state index in [2.05, 4.69) is 52.9 Å². The van der Waals surface area contributed by atoms with Gasteiger partial charge in [-0.25, -0.2) is 0 Å². The van der Waals surface area contributed by atoms with E-state index in [9.17, 15) is 0 Å². The van der Waals surface area contributed by atoms with Crippen molar-refractivity contribution in [2.24, 2.45) is 0 Å². The molecule has 1 aromatic heterocycles. The molecule has 0 spiro atoms. The monoisotopic (exact) mass is 278 g/mol. The third kappa shape index (κ3) is 3.24. The maximum absolute atomic E-state index is 2.38. The molecule has 0 saturated carbocycles. The second kappa shape index (κ2) is 5.24. The van der Waals surface area contributed by atoms with Crippen LogP contribution >= 0.6 is 11.3 Å². The molecular formula is C18H30S. The molecule has 1 heteroatoms. The minimum absolute atomic E-state index is 0.303. The predicted molar refractivity (Wildman–Crippen MR) is 87.6 cm³/mol. The molecule has 0 saturated heterocycles. The fraction of sp³-hybridized carbons (Fsp3) is 0.778. The smallest absolute Gasteiger partial charge is 0.0137 e. The van der Waals surface area contributed by atoms with E-state index in [1.165, 1.54) is 38.5 Å². The molecule has 1 aliphatic carbocycles. The number of thiophene rings is 1. The average Bonchev–Trinajstić information content (AvgIpc) is 2.54. The van der Waals surface area contributed by atoms with Crippen LogP contribution in [0.1, 0.15) is 88.1 Å². The molecule has 1 aliphatic rings.